The Morgan fingerprint density at radius 1 is 0.939 bits per heavy atom. The summed E-state index contributed by atoms with van der Waals surface area (Å²) < 4.78 is 3.25. The molecule has 2 N–H and O–H groups in total. The van der Waals surface area contributed by atoms with E-state index in [1.165, 1.54) is 5.56 Å². The van der Waals surface area contributed by atoms with Crippen LogP contribution in [0.4, 0.5) is 0 Å². The molecule has 8 heteroatoms. The summed E-state index contributed by atoms with van der Waals surface area (Å²) in [5, 5.41) is 8.94. The zero-order chi connectivity index (χ0) is 23.4. The zero-order valence-electron chi connectivity index (χ0n) is 18.9. The van der Waals surface area contributed by atoms with Gasteiger partial charge in [-0.1, -0.05) is 49.4 Å². The molecule has 8 nitrogen and oxygen atoms in total. The molecule has 0 bridgehead atoms. The molecular weight excluding hydrogens is 416 g/mol. The van der Waals surface area contributed by atoms with Crippen LogP contribution in [0.3, 0.4) is 0 Å². The van der Waals surface area contributed by atoms with E-state index in [1.807, 2.05) is 74.5 Å². The number of hydrazine groups is 1. The van der Waals surface area contributed by atoms with E-state index in [0.29, 0.717) is 11.3 Å². The van der Waals surface area contributed by atoms with Gasteiger partial charge in [0.25, 0.3) is 11.8 Å². The van der Waals surface area contributed by atoms with E-state index in [9.17, 15) is 9.59 Å². The molecular formula is C25H26N6O2. The van der Waals surface area contributed by atoms with Crippen LogP contribution >= 0.6 is 0 Å². The number of nitrogens with zero attached hydrogens (tertiary/aromatic N) is 4. The Labute approximate surface area is 192 Å². The van der Waals surface area contributed by atoms with Crippen LogP contribution in [0.15, 0.2) is 66.9 Å². The molecule has 0 radical (unpaired) electrons. The highest BCUT2D eigenvalue weighted by molar-refractivity contribution is 6.00. The second kappa shape index (κ2) is 9.52. The van der Waals surface area contributed by atoms with Crippen LogP contribution in [0.5, 0.6) is 0 Å². The Morgan fingerprint density at radius 2 is 1.67 bits per heavy atom. The minimum Gasteiger partial charge on any atom is -0.271 e. The highest BCUT2D eigenvalue weighted by atomic mass is 16.2. The SMILES string of the molecule is CCc1ccc(-c2nn(-c3ccccc3)cc2C(=O)NNC(=O)Cn2nc(C)cc2C)cc1. The van der Waals surface area contributed by atoms with Crippen molar-refractivity contribution < 1.29 is 9.59 Å². The fourth-order valence-corrected chi connectivity index (χ4v) is 3.57. The van der Waals surface area contributed by atoms with Crippen molar-refractivity contribution in [3.63, 3.8) is 0 Å². The van der Waals surface area contributed by atoms with Gasteiger partial charge in [0, 0.05) is 17.5 Å². The van der Waals surface area contributed by atoms with Crippen molar-refractivity contribution in [2.45, 2.75) is 33.7 Å². The summed E-state index contributed by atoms with van der Waals surface area (Å²) in [5.74, 6) is -0.827. The summed E-state index contributed by atoms with van der Waals surface area (Å²) >= 11 is 0. The number of amides is 2. The normalized spacial score (nSPS) is 10.8. The van der Waals surface area contributed by atoms with Gasteiger partial charge >= 0.3 is 0 Å². The molecule has 4 aromatic rings. The molecule has 33 heavy (non-hydrogen) atoms. The summed E-state index contributed by atoms with van der Waals surface area (Å²) in [6.45, 7) is 5.84. The van der Waals surface area contributed by atoms with Crippen molar-refractivity contribution in [2.75, 3.05) is 0 Å². The summed E-state index contributed by atoms with van der Waals surface area (Å²) in [6, 6.07) is 19.4. The first kappa shape index (κ1) is 22.0. The third-order valence-corrected chi connectivity index (χ3v) is 5.33. The molecule has 2 aromatic carbocycles. The maximum atomic E-state index is 13.0. The second-order valence-electron chi connectivity index (χ2n) is 7.81. The fourth-order valence-electron chi connectivity index (χ4n) is 3.57. The van der Waals surface area contributed by atoms with Crippen molar-refractivity contribution in [3.8, 4) is 16.9 Å². The summed E-state index contributed by atoms with van der Waals surface area (Å²) in [4.78, 5) is 25.4. The van der Waals surface area contributed by atoms with Crippen molar-refractivity contribution in [3.05, 3.63) is 89.4 Å². The summed E-state index contributed by atoms with van der Waals surface area (Å²) in [7, 11) is 0. The Morgan fingerprint density at radius 3 is 2.30 bits per heavy atom. The number of rotatable bonds is 6. The number of para-hydroxylation sites is 1. The van der Waals surface area contributed by atoms with Crippen LogP contribution in [0, 0.1) is 13.8 Å². The lowest BCUT2D eigenvalue weighted by Gasteiger charge is -2.09. The van der Waals surface area contributed by atoms with Crippen LogP contribution in [-0.4, -0.2) is 31.4 Å². The van der Waals surface area contributed by atoms with Gasteiger partial charge in [0.05, 0.1) is 16.9 Å². The lowest BCUT2D eigenvalue weighted by atomic mass is 10.0. The molecule has 2 heterocycles. The number of aryl methyl sites for hydroxylation is 3. The topological polar surface area (TPSA) is 93.8 Å². The lowest BCUT2D eigenvalue weighted by Crippen LogP contribution is -2.43. The Kier molecular flexibility index (Phi) is 6.35. The van der Waals surface area contributed by atoms with E-state index >= 15 is 0 Å². The van der Waals surface area contributed by atoms with Gasteiger partial charge in [-0.25, -0.2) is 4.68 Å². The molecule has 168 valence electrons. The Hall–Kier alpha value is -4.20. The number of carbonyl (C=O) groups excluding carboxylic acids is 2. The van der Waals surface area contributed by atoms with E-state index in [2.05, 4.69) is 28.0 Å². The van der Waals surface area contributed by atoms with E-state index in [4.69, 9.17) is 0 Å². The van der Waals surface area contributed by atoms with Crippen LogP contribution in [0.1, 0.15) is 34.2 Å². The molecule has 2 amide bonds. The van der Waals surface area contributed by atoms with Crippen molar-refractivity contribution in [1.29, 1.82) is 0 Å². The van der Waals surface area contributed by atoms with Gasteiger partial charge in [0.2, 0.25) is 0 Å². The first-order valence-corrected chi connectivity index (χ1v) is 10.8. The van der Waals surface area contributed by atoms with Crippen molar-refractivity contribution in [2.24, 2.45) is 0 Å². The molecule has 0 atom stereocenters. The highest BCUT2D eigenvalue weighted by Crippen LogP contribution is 2.24. The molecule has 4 rings (SSSR count). The molecule has 0 aliphatic carbocycles. The minimum absolute atomic E-state index is 0.00850. The van der Waals surface area contributed by atoms with Gasteiger partial charge in [-0.2, -0.15) is 10.2 Å². The first-order chi connectivity index (χ1) is 15.9. The number of carbonyl (C=O) groups is 2. The average molecular weight is 443 g/mol. The van der Waals surface area contributed by atoms with Crippen molar-refractivity contribution >= 4 is 11.8 Å². The molecule has 0 spiro atoms. The second-order valence-corrected chi connectivity index (χ2v) is 7.81. The number of nitrogens with one attached hydrogen (secondary N) is 2. The molecule has 0 aliphatic rings. The molecule has 0 saturated carbocycles. The smallest absolute Gasteiger partial charge is 0.271 e. The largest absolute Gasteiger partial charge is 0.273 e. The highest BCUT2D eigenvalue weighted by Gasteiger charge is 2.19. The van der Waals surface area contributed by atoms with Crippen LogP contribution < -0.4 is 10.9 Å². The van der Waals surface area contributed by atoms with E-state index in [1.54, 1.807) is 15.6 Å². The predicted octanol–water partition coefficient (Wildman–Crippen LogP) is 3.38. The van der Waals surface area contributed by atoms with Crippen LogP contribution in [0.2, 0.25) is 0 Å². The lowest BCUT2D eigenvalue weighted by molar-refractivity contribution is -0.122. The molecule has 0 saturated heterocycles. The summed E-state index contributed by atoms with van der Waals surface area (Å²) in [5.41, 5.74) is 10.4. The van der Waals surface area contributed by atoms with Crippen LogP contribution in [0.25, 0.3) is 16.9 Å². The molecule has 0 fully saturated rings. The summed E-state index contributed by atoms with van der Waals surface area (Å²) in [6.07, 6.45) is 2.59. The number of hydrogen-bond acceptors (Lipinski definition) is 4. The van der Waals surface area contributed by atoms with E-state index < -0.39 is 5.91 Å². The molecule has 0 unspecified atom stereocenters. The monoisotopic (exact) mass is 442 g/mol. The first-order valence-electron chi connectivity index (χ1n) is 10.8. The van der Waals surface area contributed by atoms with Gasteiger partial charge in [0.1, 0.15) is 12.2 Å². The van der Waals surface area contributed by atoms with Gasteiger partial charge in [-0.15, -0.1) is 0 Å². The van der Waals surface area contributed by atoms with Gasteiger partial charge in [-0.3, -0.25) is 25.1 Å². The Bertz CT molecular complexity index is 1270. The Balaban J connectivity index is 1.56. The third-order valence-electron chi connectivity index (χ3n) is 5.33. The quantitative estimate of drug-likeness (QED) is 0.448. The minimum atomic E-state index is -0.450. The number of hydrogen-bond donors (Lipinski definition) is 2. The van der Waals surface area contributed by atoms with Gasteiger partial charge in [-0.05, 0) is 44.0 Å². The standard InChI is InChI=1S/C25H26N6O2/c1-4-19-10-12-20(13-11-19)24-22(15-31(29-24)21-8-6-5-7-9-21)25(33)27-26-23(32)16-30-18(3)14-17(2)28-30/h5-15H,4,16H2,1-3H3,(H,26,32)(H,27,33). The number of aromatic nitrogens is 4. The number of benzene rings is 2. The molecule has 2 aromatic heterocycles. The molecule has 0 aliphatic heterocycles. The average Bonchev–Trinajstić information content (AvgIpc) is 3.41. The predicted molar refractivity (Wildman–Crippen MR) is 126 cm³/mol. The van der Waals surface area contributed by atoms with E-state index in [0.717, 1.165) is 29.1 Å². The fraction of sp³-hybridized carbons (Fsp3) is 0.200. The van der Waals surface area contributed by atoms with Crippen LogP contribution in [-0.2, 0) is 17.8 Å². The maximum absolute atomic E-state index is 13.0. The zero-order valence-corrected chi connectivity index (χ0v) is 18.9. The van der Waals surface area contributed by atoms with Gasteiger partial charge in [0.15, 0.2) is 0 Å². The van der Waals surface area contributed by atoms with Crippen molar-refractivity contribution in [1.82, 2.24) is 30.4 Å². The van der Waals surface area contributed by atoms with Gasteiger partial charge < -0.3 is 0 Å². The third kappa shape index (κ3) is 5.01. The van der Waals surface area contributed by atoms with E-state index in [-0.39, 0.29) is 12.5 Å². The maximum Gasteiger partial charge on any atom is 0.273 e.